The first-order valence-electron chi connectivity index (χ1n) is 9.37. The van der Waals surface area contributed by atoms with Gasteiger partial charge in [-0.25, -0.2) is 13.6 Å². The molecule has 0 aliphatic carbocycles. The van der Waals surface area contributed by atoms with E-state index in [-0.39, 0.29) is 5.69 Å². The number of aryl methyl sites for hydroxylation is 1. The number of aromatic nitrogens is 2. The molecule has 2 heterocycles. The van der Waals surface area contributed by atoms with Crippen molar-refractivity contribution in [1.29, 1.82) is 0 Å². The zero-order chi connectivity index (χ0) is 23.0. The highest BCUT2D eigenvalue weighted by atomic mass is 35.5. The molecule has 164 valence electrons. The molecule has 0 spiro atoms. The van der Waals surface area contributed by atoms with Crippen LogP contribution in [0.3, 0.4) is 0 Å². The van der Waals surface area contributed by atoms with Gasteiger partial charge in [0.25, 0.3) is 5.91 Å². The first-order chi connectivity index (χ1) is 15.3. The minimum absolute atomic E-state index is 0.314. The molecule has 0 saturated carbocycles. The Labute approximate surface area is 190 Å². The number of esters is 1. The molecule has 0 fully saturated rings. The molecule has 2 aromatic carbocycles. The summed E-state index contributed by atoms with van der Waals surface area (Å²) in [5, 5.41) is 8.35. The summed E-state index contributed by atoms with van der Waals surface area (Å²) < 4.78 is 34.3. The zero-order valence-electron chi connectivity index (χ0n) is 16.9. The normalized spacial score (nSPS) is 11.0. The number of nitrogens with one attached hydrogen (secondary N) is 1. The van der Waals surface area contributed by atoms with E-state index >= 15 is 0 Å². The van der Waals surface area contributed by atoms with E-state index in [0.29, 0.717) is 22.5 Å². The van der Waals surface area contributed by atoms with Crippen molar-refractivity contribution in [2.45, 2.75) is 13.5 Å². The minimum atomic E-state index is -1.08. The topological polar surface area (TPSA) is 73.2 Å². The Morgan fingerprint density at radius 2 is 1.88 bits per heavy atom. The largest absolute Gasteiger partial charge is 0.465 e. The lowest BCUT2D eigenvalue weighted by atomic mass is 10.1. The summed E-state index contributed by atoms with van der Waals surface area (Å²) in [6.07, 6.45) is 0. The maximum Gasteiger partial charge on any atom is 0.340 e. The third kappa shape index (κ3) is 4.21. The van der Waals surface area contributed by atoms with Crippen LogP contribution in [0.5, 0.6) is 0 Å². The maximum atomic E-state index is 14.2. The number of rotatable bonds is 5. The van der Waals surface area contributed by atoms with Gasteiger partial charge < -0.3 is 10.1 Å². The van der Waals surface area contributed by atoms with Gasteiger partial charge in [-0.05, 0) is 36.8 Å². The van der Waals surface area contributed by atoms with Crippen LogP contribution in [-0.2, 0) is 11.3 Å². The predicted octanol–water partition coefficient (Wildman–Crippen LogP) is 5.43. The summed E-state index contributed by atoms with van der Waals surface area (Å²) in [5.74, 6) is -3.65. The van der Waals surface area contributed by atoms with Gasteiger partial charge in [0.15, 0.2) is 0 Å². The van der Waals surface area contributed by atoms with E-state index in [1.165, 1.54) is 11.3 Å². The summed E-state index contributed by atoms with van der Waals surface area (Å²) in [4.78, 5) is 25.5. The number of amides is 1. The van der Waals surface area contributed by atoms with Crippen molar-refractivity contribution in [2.75, 3.05) is 12.4 Å². The Morgan fingerprint density at radius 3 is 2.56 bits per heavy atom. The molecular weight excluding hydrogens is 460 g/mol. The highest BCUT2D eigenvalue weighted by molar-refractivity contribution is 7.20. The molecule has 4 rings (SSSR count). The molecule has 1 amide bonds. The Hall–Kier alpha value is -3.30. The highest BCUT2D eigenvalue weighted by Gasteiger charge is 2.21. The molecule has 0 bridgehead atoms. The number of carbonyl (C=O) groups excluding carboxylic acids is 2. The fourth-order valence-corrected chi connectivity index (χ4v) is 4.37. The quantitative estimate of drug-likeness (QED) is 0.391. The van der Waals surface area contributed by atoms with Gasteiger partial charge in [-0.2, -0.15) is 5.10 Å². The molecule has 0 saturated heterocycles. The van der Waals surface area contributed by atoms with Crippen molar-refractivity contribution < 1.29 is 23.1 Å². The van der Waals surface area contributed by atoms with Crippen molar-refractivity contribution in [2.24, 2.45) is 0 Å². The second-order valence-electron chi connectivity index (χ2n) is 6.96. The van der Waals surface area contributed by atoms with E-state index in [0.717, 1.165) is 34.7 Å². The molecule has 6 nitrogen and oxygen atoms in total. The number of ether oxygens (including phenoxy) is 1. The number of carbonyl (C=O) groups is 2. The number of halogens is 3. The lowest BCUT2D eigenvalue weighted by molar-refractivity contribution is 0.0595. The molecular formula is C22H16ClF2N3O3S. The average Bonchev–Trinajstić information content (AvgIpc) is 3.32. The molecule has 0 radical (unpaired) electrons. The van der Waals surface area contributed by atoms with Crippen LogP contribution in [0.25, 0.3) is 10.2 Å². The summed E-state index contributed by atoms with van der Waals surface area (Å²) in [7, 11) is 1.08. The Balaban J connectivity index is 1.62. The van der Waals surface area contributed by atoms with E-state index in [1.54, 1.807) is 22.9 Å². The van der Waals surface area contributed by atoms with Crippen molar-refractivity contribution in [1.82, 2.24) is 9.78 Å². The molecule has 32 heavy (non-hydrogen) atoms. The number of methoxy groups -OCH3 is 1. The number of hydrogen-bond acceptors (Lipinski definition) is 5. The third-order valence-corrected chi connectivity index (χ3v) is 6.19. The van der Waals surface area contributed by atoms with Crippen LogP contribution < -0.4 is 5.32 Å². The Bertz CT molecular complexity index is 1350. The number of hydrogen-bond donors (Lipinski definition) is 1. The summed E-state index contributed by atoms with van der Waals surface area (Å²) in [6.45, 7) is 2.32. The second-order valence-corrected chi connectivity index (χ2v) is 8.42. The average molecular weight is 476 g/mol. The zero-order valence-corrected chi connectivity index (χ0v) is 18.5. The van der Waals surface area contributed by atoms with Crippen molar-refractivity contribution in [3.63, 3.8) is 0 Å². The van der Waals surface area contributed by atoms with E-state index in [4.69, 9.17) is 11.6 Å². The Morgan fingerprint density at radius 1 is 1.16 bits per heavy atom. The standard InChI is InChI=1S/C22H16ClF2N3O3S/c1-11-14-8-19(32-21(14)28(27-11)10-12-3-5-13(23)6-4-12)20(29)26-18-7-15(22(30)31-2)16(24)9-17(18)25/h3-9H,10H2,1-2H3,(H,26,29). The van der Waals surface area contributed by atoms with Crippen molar-refractivity contribution in [3.8, 4) is 0 Å². The molecule has 1 N–H and O–H groups in total. The van der Waals surface area contributed by atoms with Crippen LogP contribution in [0.2, 0.25) is 5.02 Å². The molecule has 0 unspecified atom stereocenters. The third-order valence-electron chi connectivity index (χ3n) is 4.79. The number of thiophene rings is 1. The summed E-state index contributed by atoms with van der Waals surface area (Å²) in [5.41, 5.74) is 0.927. The number of fused-ring (bicyclic) bond motifs is 1. The van der Waals surface area contributed by atoms with Crippen molar-refractivity contribution >= 4 is 50.7 Å². The van der Waals surface area contributed by atoms with Crippen LogP contribution >= 0.6 is 22.9 Å². The fourth-order valence-electron chi connectivity index (χ4n) is 3.19. The van der Waals surface area contributed by atoms with Crippen LogP contribution in [0.1, 0.15) is 31.3 Å². The Kier molecular flexibility index (Phi) is 5.94. The first-order valence-corrected chi connectivity index (χ1v) is 10.6. The minimum Gasteiger partial charge on any atom is -0.465 e. The van der Waals surface area contributed by atoms with Gasteiger partial charge in [0, 0.05) is 16.5 Å². The smallest absolute Gasteiger partial charge is 0.340 e. The van der Waals surface area contributed by atoms with Gasteiger partial charge in [-0.15, -0.1) is 11.3 Å². The molecule has 2 aromatic heterocycles. The molecule has 10 heteroatoms. The van der Waals surface area contributed by atoms with E-state index in [1.807, 2.05) is 19.1 Å². The molecule has 0 aliphatic heterocycles. The monoisotopic (exact) mass is 475 g/mol. The number of anilines is 1. The summed E-state index contributed by atoms with van der Waals surface area (Å²) >= 11 is 7.13. The molecule has 4 aromatic rings. The predicted molar refractivity (Wildman–Crippen MR) is 119 cm³/mol. The van der Waals surface area contributed by atoms with Gasteiger partial charge in [-0.1, -0.05) is 23.7 Å². The van der Waals surface area contributed by atoms with Crippen LogP contribution in [-0.4, -0.2) is 28.8 Å². The SMILES string of the molecule is COC(=O)c1cc(NC(=O)c2cc3c(C)nn(Cc4ccc(Cl)cc4)c3s2)c(F)cc1F. The first kappa shape index (κ1) is 21.9. The number of nitrogens with zero attached hydrogens (tertiary/aromatic N) is 2. The number of benzene rings is 2. The van der Waals surface area contributed by atoms with Gasteiger partial charge >= 0.3 is 5.97 Å². The fraction of sp³-hybridized carbons (Fsp3) is 0.136. The highest BCUT2D eigenvalue weighted by Crippen LogP contribution is 2.30. The lowest BCUT2D eigenvalue weighted by Crippen LogP contribution is -2.14. The van der Waals surface area contributed by atoms with Gasteiger partial charge in [0.1, 0.15) is 16.5 Å². The second kappa shape index (κ2) is 8.68. The van der Waals surface area contributed by atoms with Gasteiger partial charge in [-0.3, -0.25) is 9.48 Å². The van der Waals surface area contributed by atoms with Gasteiger partial charge in [0.05, 0.1) is 35.5 Å². The van der Waals surface area contributed by atoms with Crippen molar-refractivity contribution in [3.05, 3.63) is 80.8 Å². The maximum absolute atomic E-state index is 14.2. The van der Waals surface area contributed by atoms with Crippen LogP contribution in [0, 0.1) is 18.6 Å². The van der Waals surface area contributed by atoms with E-state index < -0.39 is 29.1 Å². The molecule has 0 aliphatic rings. The summed E-state index contributed by atoms with van der Waals surface area (Å²) in [6, 6.07) is 10.5. The van der Waals surface area contributed by atoms with Crippen LogP contribution in [0.4, 0.5) is 14.5 Å². The lowest BCUT2D eigenvalue weighted by Gasteiger charge is -2.08. The van der Waals surface area contributed by atoms with Gasteiger partial charge in [0.2, 0.25) is 0 Å². The van der Waals surface area contributed by atoms with Crippen LogP contribution in [0.15, 0.2) is 42.5 Å². The van der Waals surface area contributed by atoms with E-state index in [2.05, 4.69) is 15.2 Å². The van der Waals surface area contributed by atoms with E-state index in [9.17, 15) is 18.4 Å². The molecule has 0 atom stereocenters.